The van der Waals surface area contributed by atoms with Crippen molar-refractivity contribution in [3.8, 4) is 5.75 Å². The van der Waals surface area contributed by atoms with Gasteiger partial charge in [-0.1, -0.05) is 42.5 Å². The lowest BCUT2D eigenvalue weighted by molar-refractivity contribution is -0.127. The van der Waals surface area contributed by atoms with Gasteiger partial charge in [0.25, 0.3) is 0 Å². The Morgan fingerprint density at radius 3 is 1.89 bits per heavy atom. The van der Waals surface area contributed by atoms with Gasteiger partial charge in [0.1, 0.15) is 5.75 Å². The van der Waals surface area contributed by atoms with Gasteiger partial charge in [0, 0.05) is 13.1 Å². The van der Waals surface area contributed by atoms with E-state index in [0.717, 1.165) is 24.2 Å². The maximum atomic E-state index is 12.2. The van der Waals surface area contributed by atoms with Crippen LogP contribution in [0.1, 0.15) is 17.5 Å². The summed E-state index contributed by atoms with van der Waals surface area (Å²) < 4.78 is 5.13. The van der Waals surface area contributed by atoms with Crippen LogP contribution in [0.5, 0.6) is 5.75 Å². The van der Waals surface area contributed by atoms with E-state index in [1.165, 1.54) is 5.56 Å². The number of rotatable bonds is 9. The molecule has 1 saturated carbocycles. The number of nitrogens with one attached hydrogen (secondary N) is 2. The van der Waals surface area contributed by atoms with E-state index in [0.29, 0.717) is 19.5 Å². The minimum absolute atomic E-state index is 0.0127. The molecule has 1 aliphatic rings. The second-order valence-electron chi connectivity index (χ2n) is 6.86. The Balaban J connectivity index is 1.32. The lowest BCUT2D eigenvalue weighted by Crippen LogP contribution is -2.32. The standard InChI is InChI=1S/C22H26N2O3/c1-27-18-9-7-17(8-10-18)12-14-24-22(26)20-15-19(20)21(25)23-13-11-16-5-3-2-4-6-16/h2-10,19-20H,11-15H2,1H3,(H,23,25)(H,24,26). The average Bonchev–Trinajstić information content (AvgIpc) is 3.50. The Bertz CT molecular complexity index is 759. The summed E-state index contributed by atoms with van der Waals surface area (Å²) in [5.74, 6) is 0.425. The van der Waals surface area contributed by atoms with Gasteiger partial charge in [-0.25, -0.2) is 0 Å². The SMILES string of the molecule is COc1ccc(CCNC(=O)C2CC2C(=O)NCCc2ccccc2)cc1. The van der Waals surface area contributed by atoms with E-state index in [1.807, 2.05) is 54.6 Å². The first kappa shape index (κ1) is 19.0. The number of ether oxygens (including phenoxy) is 1. The molecule has 2 aromatic rings. The van der Waals surface area contributed by atoms with Gasteiger partial charge in [-0.3, -0.25) is 9.59 Å². The summed E-state index contributed by atoms with van der Waals surface area (Å²) in [5, 5.41) is 5.88. The van der Waals surface area contributed by atoms with Crippen molar-refractivity contribution in [2.75, 3.05) is 20.2 Å². The molecule has 5 heteroatoms. The Hall–Kier alpha value is -2.82. The van der Waals surface area contributed by atoms with Gasteiger partial charge >= 0.3 is 0 Å². The first-order valence-corrected chi connectivity index (χ1v) is 9.39. The largest absolute Gasteiger partial charge is 0.497 e. The fourth-order valence-corrected chi connectivity index (χ4v) is 3.13. The van der Waals surface area contributed by atoms with Crippen LogP contribution in [0.15, 0.2) is 54.6 Å². The summed E-state index contributed by atoms with van der Waals surface area (Å²) in [6.07, 6.45) is 2.21. The molecule has 0 heterocycles. The van der Waals surface area contributed by atoms with Crippen molar-refractivity contribution >= 4 is 11.8 Å². The van der Waals surface area contributed by atoms with E-state index in [1.54, 1.807) is 7.11 Å². The third-order valence-corrected chi connectivity index (χ3v) is 4.89. The number of hydrogen-bond acceptors (Lipinski definition) is 3. The predicted octanol–water partition coefficient (Wildman–Crippen LogP) is 2.35. The molecule has 3 rings (SSSR count). The van der Waals surface area contributed by atoms with Crippen molar-refractivity contribution in [2.45, 2.75) is 19.3 Å². The van der Waals surface area contributed by atoms with Crippen LogP contribution in [-0.4, -0.2) is 32.0 Å². The minimum atomic E-state index is -0.183. The van der Waals surface area contributed by atoms with Gasteiger partial charge < -0.3 is 15.4 Å². The van der Waals surface area contributed by atoms with E-state index >= 15 is 0 Å². The van der Waals surface area contributed by atoms with Gasteiger partial charge in [-0.15, -0.1) is 0 Å². The topological polar surface area (TPSA) is 67.4 Å². The van der Waals surface area contributed by atoms with Crippen LogP contribution in [0.3, 0.4) is 0 Å². The molecule has 2 unspecified atom stereocenters. The van der Waals surface area contributed by atoms with Crippen LogP contribution < -0.4 is 15.4 Å². The van der Waals surface area contributed by atoms with Gasteiger partial charge in [-0.05, 0) is 42.5 Å². The summed E-state index contributed by atoms with van der Waals surface area (Å²) in [4.78, 5) is 24.4. The number of hydrogen-bond donors (Lipinski definition) is 2. The zero-order valence-corrected chi connectivity index (χ0v) is 15.6. The zero-order valence-electron chi connectivity index (χ0n) is 15.6. The number of methoxy groups -OCH3 is 1. The maximum Gasteiger partial charge on any atom is 0.223 e. The lowest BCUT2D eigenvalue weighted by atomic mass is 10.1. The molecule has 2 aromatic carbocycles. The number of amides is 2. The summed E-state index contributed by atoms with van der Waals surface area (Å²) in [5.41, 5.74) is 2.34. The molecule has 0 aliphatic heterocycles. The monoisotopic (exact) mass is 366 g/mol. The third-order valence-electron chi connectivity index (χ3n) is 4.89. The lowest BCUT2D eigenvalue weighted by Gasteiger charge is -2.07. The van der Waals surface area contributed by atoms with E-state index in [4.69, 9.17) is 4.74 Å². The fourth-order valence-electron chi connectivity index (χ4n) is 3.13. The Labute approximate surface area is 160 Å². The van der Waals surface area contributed by atoms with E-state index < -0.39 is 0 Å². The van der Waals surface area contributed by atoms with Crippen LogP contribution >= 0.6 is 0 Å². The van der Waals surface area contributed by atoms with Crippen LogP contribution in [0.25, 0.3) is 0 Å². The van der Waals surface area contributed by atoms with E-state index in [2.05, 4.69) is 10.6 Å². The van der Waals surface area contributed by atoms with Gasteiger partial charge in [0.05, 0.1) is 18.9 Å². The highest BCUT2D eigenvalue weighted by molar-refractivity contribution is 5.92. The molecule has 0 saturated heterocycles. The first-order chi connectivity index (χ1) is 13.2. The third kappa shape index (κ3) is 5.58. The molecule has 0 radical (unpaired) electrons. The van der Waals surface area contributed by atoms with Gasteiger partial charge in [-0.2, -0.15) is 0 Å². The molecule has 2 N–H and O–H groups in total. The van der Waals surface area contributed by atoms with Crippen molar-refractivity contribution < 1.29 is 14.3 Å². The fraction of sp³-hybridized carbons (Fsp3) is 0.364. The van der Waals surface area contributed by atoms with Crippen molar-refractivity contribution in [3.05, 3.63) is 65.7 Å². The zero-order chi connectivity index (χ0) is 19.1. The first-order valence-electron chi connectivity index (χ1n) is 9.39. The molecular weight excluding hydrogens is 340 g/mol. The molecule has 2 amide bonds. The molecule has 0 bridgehead atoms. The predicted molar refractivity (Wildman–Crippen MR) is 104 cm³/mol. The van der Waals surface area contributed by atoms with Crippen molar-refractivity contribution in [1.29, 1.82) is 0 Å². The smallest absolute Gasteiger partial charge is 0.223 e. The molecular formula is C22H26N2O3. The molecule has 2 atom stereocenters. The summed E-state index contributed by atoms with van der Waals surface area (Å²) in [6, 6.07) is 17.8. The van der Waals surface area contributed by atoms with Crippen LogP contribution in [-0.2, 0) is 22.4 Å². The van der Waals surface area contributed by atoms with E-state index in [-0.39, 0.29) is 23.7 Å². The highest BCUT2D eigenvalue weighted by Crippen LogP contribution is 2.38. The number of carbonyl (C=O) groups excluding carboxylic acids is 2. The van der Waals surface area contributed by atoms with Crippen molar-refractivity contribution in [1.82, 2.24) is 10.6 Å². The summed E-state index contributed by atoms with van der Waals surface area (Å²) in [6.45, 7) is 1.18. The normalized spacial score (nSPS) is 17.8. The molecule has 142 valence electrons. The maximum absolute atomic E-state index is 12.2. The Kier molecular flexibility index (Phi) is 6.47. The van der Waals surface area contributed by atoms with Crippen LogP contribution in [0.2, 0.25) is 0 Å². The Morgan fingerprint density at radius 2 is 1.37 bits per heavy atom. The van der Waals surface area contributed by atoms with E-state index in [9.17, 15) is 9.59 Å². The second kappa shape index (κ2) is 9.21. The molecule has 1 fully saturated rings. The highest BCUT2D eigenvalue weighted by Gasteiger charge is 2.47. The molecule has 27 heavy (non-hydrogen) atoms. The van der Waals surface area contributed by atoms with Crippen LogP contribution in [0.4, 0.5) is 0 Å². The Morgan fingerprint density at radius 1 is 0.852 bits per heavy atom. The average molecular weight is 366 g/mol. The van der Waals surface area contributed by atoms with Gasteiger partial charge in [0.2, 0.25) is 11.8 Å². The molecule has 5 nitrogen and oxygen atoms in total. The number of carbonyl (C=O) groups is 2. The summed E-state index contributed by atoms with van der Waals surface area (Å²) >= 11 is 0. The summed E-state index contributed by atoms with van der Waals surface area (Å²) in [7, 11) is 1.64. The van der Waals surface area contributed by atoms with Crippen LogP contribution in [0, 0.1) is 11.8 Å². The van der Waals surface area contributed by atoms with Gasteiger partial charge in [0.15, 0.2) is 0 Å². The molecule has 1 aliphatic carbocycles. The quantitative estimate of drug-likeness (QED) is 0.716. The molecule has 0 aromatic heterocycles. The molecule has 0 spiro atoms. The number of benzene rings is 2. The van der Waals surface area contributed by atoms with Crippen molar-refractivity contribution in [3.63, 3.8) is 0 Å². The van der Waals surface area contributed by atoms with Crippen molar-refractivity contribution in [2.24, 2.45) is 11.8 Å². The second-order valence-corrected chi connectivity index (χ2v) is 6.86. The minimum Gasteiger partial charge on any atom is -0.497 e. The highest BCUT2D eigenvalue weighted by atomic mass is 16.5.